The van der Waals surface area contributed by atoms with Gasteiger partial charge in [-0.15, -0.1) is 0 Å². The largest absolute Gasteiger partial charge is 0.237 e. The van der Waals surface area contributed by atoms with Gasteiger partial charge in [0.15, 0.2) is 5.82 Å². The fourth-order valence-corrected chi connectivity index (χ4v) is 1.68. The maximum atomic E-state index is 4.42. The molecule has 0 N–H and O–H groups in total. The second-order valence-electron chi connectivity index (χ2n) is 4.58. The van der Waals surface area contributed by atoms with Crippen molar-refractivity contribution in [2.75, 3.05) is 0 Å². The predicted molar refractivity (Wildman–Crippen MR) is 76.0 cm³/mol. The van der Waals surface area contributed by atoms with E-state index in [1.165, 1.54) is 5.56 Å². The van der Waals surface area contributed by atoms with Gasteiger partial charge >= 0.3 is 0 Å². The van der Waals surface area contributed by atoms with Crippen LogP contribution < -0.4 is 0 Å². The molecule has 0 unspecified atom stereocenters. The van der Waals surface area contributed by atoms with Gasteiger partial charge in [0.1, 0.15) is 0 Å². The molecule has 2 aromatic heterocycles. The van der Waals surface area contributed by atoms with Gasteiger partial charge in [0.05, 0.1) is 6.20 Å². The first-order valence-electron chi connectivity index (χ1n) is 6.62. The summed E-state index contributed by atoms with van der Waals surface area (Å²) >= 11 is 0. The Morgan fingerprint density at radius 1 is 1.17 bits per heavy atom. The molecule has 2 rings (SSSR count). The number of pyridine rings is 1. The van der Waals surface area contributed by atoms with Gasteiger partial charge in [-0.05, 0) is 36.5 Å². The van der Waals surface area contributed by atoms with Crippen molar-refractivity contribution in [1.82, 2.24) is 14.8 Å². The van der Waals surface area contributed by atoms with Crippen molar-refractivity contribution in [3.05, 3.63) is 41.9 Å². The Kier molecular flexibility index (Phi) is 5.56. The van der Waals surface area contributed by atoms with Crippen molar-refractivity contribution in [2.45, 2.75) is 41.0 Å². The number of hydrogen-bond donors (Lipinski definition) is 0. The van der Waals surface area contributed by atoms with Crippen LogP contribution in [0, 0.1) is 12.8 Å². The monoisotopic (exact) mass is 245 g/mol. The average Bonchev–Trinajstić information content (AvgIpc) is 2.79. The lowest BCUT2D eigenvalue weighted by Crippen LogP contribution is -2.00. The highest BCUT2D eigenvalue weighted by atomic mass is 15.3. The summed E-state index contributed by atoms with van der Waals surface area (Å²) in [6.07, 6.45) is 6.83. The van der Waals surface area contributed by atoms with E-state index in [1.54, 1.807) is 4.68 Å². The van der Waals surface area contributed by atoms with Crippen LogP contribution in [0.15, 0.2) is 30.7 Å². The second kappa shape index (κ2) is 6.94. The molecule has 0 radical (unpaired) electrons. The smallest absolute Gasteiger partial charge is 0.153 e. The minimum absolute atomic E-state index is 0.666. The van der Waals surface area contributed by atoms with Gasteiger partial charge in [0.25, 0.3) is 0 Å². The molecule has 18 heavy (non-hydrogen) atoms. The summed E-state index contributed by atoms with van der Waals surface area (Å²) in [6.45, 7) is 10.5. The molecule has 0 atom stereocenters. The zero-order chi connectivity index (χ0) is 13.5. The van der Waals surface area contributed by atoms with Gasteiger partial charge in [0.2, 0.25) is 0 Å². The number of hydrogen-bond acceptors (Lipinski definition) is 2. The molecular weight excluding hydrogens is 222 g/mol. The molecular formula is C15H23N3. The van der Waals surface area contributed by atoms with Crippen LogP contribution in [0.4, 0.5) is 0 Å². The molecule has 98 valence electrons. The van der Waals surface area contributed by atoms with Gasteiger partial charge in [-0.3, -0.25) is 0 Å². The maximum Gasteiger partial charge on any atom is 0.153 e. The van der Waals surface area contributed by atoms with E-state index in [2.05, 4.69) is 30.0 Å². The van der Waals surface area contributed by atoms with Crippen molar-refractivity contribution in [1.29, 1.82) is 0 Å². The fourth-order valence-electron chi connectivity index (χ4n) is 1.68. The first-order valence-corrected chi connectivity index (χ1v) is 6.62. The Hall–Kier alpha value is -1.64. The summed E-state index contributed by atoms with van der Waals surface area (Å²) in [5.74, 6) is 1.54. The lowest BCUT2D eigenvalue weighted by Gasteiger charge is -2.05. The number of aryl methyl sites for hydroxylation is 1. The minimum atomic E-state index is 0.666. The fraction of sp³-hybridized carbons (Fsp3) is 0.467. The molecule has 3 nitrogen and oxygen atoms in total. The Bertz CT molecular complexity index is 455. The second-order valence-corrected chi connectivity index (χ2v) is 4.58. The number of rotatable bonds is 3. The van der Waals surface area contributed by atoms with E-state index in [0.29, 0.717) is 5.92 Å². The van der Waals surface area contributed by atoms with Gasteiger partial charge in [-0.25, -0.2) is 9.67 Å². The summed E-state index contributed by atoms with van der Waals surface area (Å²) in [5.41, 5.74) is 2.43. The van der Waals surface area contributed by atoms with Crippen LogP contribution in [0.25, 0.3) is 5.82 Å². The number of aromatic nitrogens is 3. The van der Waals surface area contributed by atoms with Crippen LogP contribution >= 0.6 is 0 Å². The predicted octanol–water partition coefficient (Wildman–Crippen LogP) is 3.80. The lowest BCUT2D eigenvalue weighted by molar-refractivity contribution is 0.645. The van der Waals surface area contributed by atoms with Crippen molar-refractivity contribution in [3.63, 3.8) is 0 Å². The molecule has 0 spiro atoms. The van der Waals surface area contributed by atoms with Crippen molar-refractivity contribution in [2.24, 2.45) is 5.92 Å². The molecule has 0 aliphatic carbocycles. The zero-order valence-electron chi connectivity index (χ0n) is 12.0. The lowest BCUT2D eigenvalue weighted by atomic mass is 10.1. The molecule has 2 heterocycles. The summed E-state index contributed by atoms with van der Waals surface area (Å²) in [4.78, 5) is 4.42. The van der Waals surface area contributed by atoms with Gasteiger partial charge in [-0.1, -0.05) is 33.8 Å². The van der Waals surface area contributed by atoms with E-state index < -0.39 is 0 Å². The van der Waals surface area contributed by atoms with Crippen LogP contribution in [0.2, 0.25) is 0 Å². The Morgan fingerprint density at radius 2 is 1.89 bits per heavy atom. The molecule has 3 heteroatoms. The third-order valence-corrected chi connectivity index (χ3v) is 2.40. The third-order valence-electron chi connectivity index (χ3n) is 2.40. The Labute approximate surface area is 110 Å². The molecule has 0 saturated carbocycles. The zero-order valence-corrected chi connectivity index (χ0v) is 12.0. The summed E-state index contributed by atoms with van der Waals surface area (Å²) < 4.78 is 1.80. The van der Waals surface area contributed by atoms with Crippen LogP contribution in [0.5, 0.6) is 0 Å². The van der Waals surface area contributed by atoms with Crippen LogP contribution in [-0.2, 0) is 6.42 Å². The first kappa shape index (κ1) is 14.4. The normalized spacial score (nSPS) is 10.1. The molecule has 0 saturated heterocycles. The quantitative estimate of drug-likeness (QED) is 0.823. The average molecular weight is 245 g/mol. The standard InChI is InChI=1S/C13H17N3.C2H6/c1-10(2)6-12-4-5-13(14-8-12)16-9-11(3)7-15-16;1-2/h4-5,7-10H,6H2,1-3H3;1-2H3. The van der Waals surface area contributed by atoms with Gasteiger partial charge < -0.3 is 0 Å². The van der Waals surface area contributed by atoms with E-state index in [9.17, 15) is 0 Å². The molecule has 0 aliphatic rings. The summed E-state index contributed by atoms with van der Waals surface area (Å²) in [5, 5.41) is 4.23. The minimum Gasteiger partial charge on any atom is -0.237 e. The number of nitrogens with zero attached hydrogens (tertiary/aromatic N) is 3. The van der Waals surface area contributed by atoms with Crippen molar-refractivity contribution >= 4 is 0 Å². The van der Waals surface area contributed by atoms with Gasteiger partial charge in [-0.2, -0.15) is 5.10 Å². The highest BCUT2D eigenvalue weighted by Gasteiger charge is 2.01. The molecule has 0 aliphatic heterocycles. The van der Waals surface area contributed by atoms with Crippen molar-refractivity contribution in [3.8, 4) is 5.82 Å². The van der Waals surface area contributed by atoms with E-state index in [-0.39, 0.29) is 0 Å². The third kappa shape index (κ3) is 3.99. The van der Waals surface area contributed by atoms with E-state index in [4.69, 9.17) is 0 Å². The summed E-state index contributed by atoms with van der Waals surface area (Å²) in [7, 11) is 0. The topological polar surface area (TPSA) is 30.7 Å². The van der Waals surface area contributed by atoms with Crippen LogP contribution in [0.1, 0.15) is 38.8 Å². The first-order chi connectivity index (χ1) is 8.65. The summed E-state index contributed by atoms with van der Waals surface area (Å²) in [6, 6.07) is 4.14. The highest BCUT2D eigenvalue weighted by molar-refractivity contribution is 5.25. The van der Waals surface area contributed by atoms with Crippen LogP contribution in [0.3, 0.4) is 0 Å². The molecule has 0 fully saturated rings. The Balaban J connectivity index is 0.000000771. The van der Waals surface area contributed by atoms with E-state index in [1.807, 2.05) is 45.4 Å². The molecule has 0 bridgehead atoms. The molecule has 0 aromatic carbocycles. The molecule has 2 aromatic rings. The van der Waals surface area contributed by atoms with Gasteiger partial charge in [0, 0.05) is 12.4 Å². The van der Waals surface area contributed by atoms with E-state index in [0.717, 1.165) is 17.8 Å². The SMILES string of the molecule is CC.Cc1cnn(-c2ccc(CC(C)C)cn2)c1. The maximum absolute atomic E-state index is 4.42. The highest BCUT2D eigenvalue weighted by Crippen LogP contribution is 2.10. The van der Waals surface area contributed by atoms with Crippen molar-refractivity contribution < 1.29 is 0 Å². The van der Waals surface area contributed by atoms with E-state index >= 15 is 0 Å². The molecule has 0 amide bonds. The van der Waals surface area contributed by atoms with Crippen LogP contribution in [-0.4, -0.2) is 14.8 Å². The Morgan fingerprint density at radius 3 is 2.33 bits per heavy atom.